The summed E-state index contributed by atoms with van der Waals surface area (Å²) in [6.07, 6.45) is 1.72. The highest BCUT2D eigenvalue weighted by Crippen LogP contribution is 2.26. The summed E-state index contributed by atoms with van der Waals surface area (Å²) in [4.78, 5) is 27.4. The molecular formula is C24H30BrClN2O3. The predicted octanol–water partition coefficient (Wildman–Crippen LogP) is 5.38. The third kappa shape index (κ3) is 7.54. The molecule has 0 fully saturated rings. The largest absolute Gasteiger partial charge is 0.483 e. The lowest BCUT2D eigenvalue weighted by atomic mass is 10.1. The van der Waals surface area contributed by atoms with Crippen molar-refractivity contribution in [2.45, 2.75) is 59.2 Å². The Kier molecular flexibility index (Phi) is 9.85. The van der Waals surface area contributed by atoms with E-state index in [1.165, 1.54) is 10.5 Å². The van der Waals surface area contributed by atoms with E-state index in [1.54, 1.807) is 19.1 Å². The maximum atomic E-state index is 13.1. The van der Waals surface area contributed by atoms with Crippen LogP contribution in [0, 0.1) is 0 Å². The van der Waals surface area contributed by atoms with Gasteiger partial charge < -0.3 is 15.0 Å². The summed E-state index contributed by atoms with van der Waals surface area (Å²) in [6.45, 7) is 7.82. The van der Waals surface area contributed by atoms with Gasteiger partial charge in [0.1, 0.15) is 11.8 Å². The summed E-state index contributed by atoms with van der Waals surface area (Å²) in [5.41, 5.74) is 2.01. The average molecular weight is 510 g/mol. The van der Waals surface area contributed by atoms with Gasteiger partial charge in [0.2, 0.25) is 5.91 Å². The molecule has 2 rings (SSSR count). The third-order valence-corrected chi connectivity index (χ3v) is 6.02. The van der Waals surface area contributed by atoms with Crippen LogP contribution >= 0.6 is 27.5 Å². The molecule has 2 aromatic rings. The number of benzene rings is 2. The Hall–Kier alpha value is -2.05. The fraction of sp³-hybridized carbons (Fsp3) is 0.417. The standard InChI is InChI=1S/C24H30BrClN2O3/c1-5-16(3)27-24(30)17(4)28(14-19-8-7-9-20(26)12-19)23(29)15-31-22-11-10-18(6-2)13-21(22)25/h7-13,16-17H,5-6,14-15H2,1-4H3,(H,27,30)/t16-,17-/m1/s1. The van der Waals surface area contributed by atoms with E-state index in [-0.39, 0.29) is 31.0 Å². The highest BCUT2D eigenvalue weighted by molar-refractivity contribution is 9.10. The van der Waals surface area contributed by atoms with Gasteiger partial charge in [0.15, 0.2) is 6.61 Å². The molecule has 168 valence electrons. The number of amides is 2. The van der Waals surface area contributed by atoms with Crippen LogP contribution in [0.3, 0.4) is 0 Å². The quantitative estimate of drug-likeness (QED) is 0.468. The normalized spacial score (nSPS) is 12.7. The third-order valence-electron chi connectivity index (χ3n) is 5.17. The second kappa shape index (κ2) is 12.1. The van der Waals surface area contributed by atoms with Crippen LogP contribution < -0.4 is 10.1 Å². The number of hydrogen-bond acceptors (Lipinski definition) is 3. The van der Waals surface area contributed by atoms with Crippen LogP contribution in [0.15, 0.2) is 46.9 Å². The van der Waals surface area contributed by atoms with E-state index in [1.807, 2.05) is 44.2 Å². The van der Waals surface area contributed by atoms with Crippen LogP contribution in [-0.2, 0) is 22.6 Å². The van der Waals surface area contributed by atoms with Crippen molar-refractivity contribution in [3.8, 4) is 5.75 Å². The molecule has 2 atom stereocenters. The molecule has 0 aliphatic rings. The van der Waals surface area contributed by atoms with Gasteiger partial charge in [0.05, 0.1) is 4.47 Å². The summed E-state index contributed by atoms with van der Waals surface area (Å²) in [5, 5.41) is 3.53. The molecule has 0 aromatic heterocycles. The van der Waals surface area contributed by atoms with Crippen LogP contribution in [0.4, 0.5) is 0 Å². The highest BCUT2D eigenvalue weighted by Gasteiger charge is 2.27. The van der Waals surface area contributed by atoms with Gasteiger partial charge in [-0.2, -0.15) is 0 Å². The Balaban J connectivity index is 2.17. The lowest BCUT2D eigenvalue weighted by molar-refractivity contribution is -0.142. The molecule has 0 radical (unpaired) electrons. The summed E-state index contributed by atoms with van der Waals surface area (Å²) >= 11 is 9.60. The summed E-state index contributed by atoms with van der Waals surface area (Å²) in [6, 6.07) is 12.4. The molecule has 2 aromatic carbocycles. The van der Waals surface area contributed by atoms with Crippen molar-refractivity contribution in [3.05, 3.63) is 63.1 Å². The minimum absolute atomic E-state index is 0.0300. The zero-order chi connectivity index (χ0) is 23.0. The van der Waals surface area contributed by atoms with Crippen molar-refractivity contribution >= 4 is 39.3 Å². The van der Waals surface area contributed by atoms with Crippen molar-refractivity contribution in [2.24, 2.45) is 0 Å². The molecular weight excluding hydrogens is 480 g/mol. The fourth-order valence-corrected chi connectivity index (χ4v) is 3.74. The zero-order valence-corrected chi connectivity index (χ0v) is 20.8. The first-order valence-electron chi connectivity index (χ1n) is 10.5. The molecule has 5 nitrogen and oxygen atoms in total. The van der Waals surface area contributed by atoms with Crippen molar-refractivity contribution in [1.82, 2.24) is 10.2 Å². The van der Waals surface area contributed by atoms with E-state index in [4.69, 9.17) is 16.3 Å². The second-order valence-corrected chi connectivity index (χ2v) is 8.84. The monoisotopic (exact) mass is 508 g/mol. The van der Waals surface area contributed by atoms with Gasteiger partial charge in [-0.3, -0.25) is 9.59 Å². The first-order valence-corrected chi connectivity index (χ1v) is 11.7. The molecule has 0 aliphatic carbocycles. The Morgan fingerprint density at radius 3 is 2.48 bits per heavy atom. The lowest BCUT2D eigenvalue weighted by Crippen LogP contribution is -2.50. The minimum Gasteiger partial charge on any atom is -0.483 e. The predicted molar refractivity (Wildman–Crippen MR) is 128 cm³/mol. The molecule has 0 saturated carbocycles. The smallest absolute Gasteiger partial charge is 0.261 e. The van der Waals surface area contributed by atoms with E-state index < -0.39 is 6.04 Å². The number of aryl methyl sites for hydroxylation is 1. The van der Waals surface area contributed by atoms with Gasteiger partial charge in [-0.15, -0.1) is 0 Å². The summed E-state index contributed by atoms with van der Waals surface area (Å²) in [7, 11) is 0. The Morgan fingerprint density at radius 1 is 1.13 bits per heavy atom. The first kappa shape index (κ1) is 25.2. The van der Waals surface area contributed by atoms with Crippen LogP contribution in [0.2, 0.25) is 5.02 Å². The van der Waals surface area contributed by atoms with E-state index in [9.17, 15) is 9.59 Å². The van der Waals surface area contributed by atoms with E-state index in [2.05, 4.69) is 28.2 Å². The lowest BCUT2D eigenvalue weighted by Gasteiger charge is -2.29. The zero-order valence-electron chi connectivity index (χ0n) is 18.5. The Labute approximate surface area is 198 Å². The molecule has 7 heteroatoms. The molecule has 1 N–H and O–H groups in total. The van der Waals surface area contributed by atoms with Gasteiger partial charge >= 0.3 is 0 Å². The van der Waals surface area contributed by atoms with Crippen LogP contribution in [0.25, 0.3) is 0 Å². The van der Waals surface area contributed by atoms with Gasteiger partial charge in [0.25, 0.3) is 5.91 Å². The number of ether oxygens (including phenoxy) is 1. The van der Waals surface area contributed by atoms with Crippen molar-refractivity contribution in [1.29, 1.82) is 0 Å². The van der Waals surface area contributed by atoms with Gasteiger partial charge in [-0.25, -0.2) is 0 Å². The van der Waals surface area contributed by atoms with Gasteiger partial charge in [-0.1, -0.05) is 43.6 Å². The van der Waals surface area contributed by atoms with E-state index >= 15 is 0 Å². The molecule has 0 spiro atoms. The SMILES string of the molecule is CCc1ccc(OCC(=O)N(Cc2cccc(Cl)c2)[C@H](C)C(=O)N[C@H](C)CC)c(Br)c1. The number of halogens is 2. The Morgan fingerprint density at radius 2 is 1.87 bits per heavy atom. The summed E-state index contributed by atoms with van der Waals surface area (Å²) in [5.74, 6) is 0.112. The maximum Gasteiger partial charge on any atom is 0.261 e. The number of carbonyl (C=O) groups is 2. The van der Waals surface area contributed by atoms with Gasteiger partial charge in [-0.05, 0) is 78.0 Å². The van der Waals surface area contributed by atoms with E-state index in [0.717, 1.165) is 22.9 Å². The van der Waals surface area contributed by atoms with Gasteiger partial charge in [0, 0.05) is 17.6 Å². The van der Waals surface area contributed by atoms with Crippen molar-refractivity contribution in [3.63, 3.8) is 0 Å². The fourth-order valence-electron chi connectivity index (χ4n) is 2.98. The summed E-state index contributed by atoms with van der Waals surface area (Å²) < 4.78 is 6.57. The number of nitrogens with one attached hydrogen (secondary N) is 1. The molecule has 0 saturated heterocycles. The van der Waals surface area contributed by atoms with Crippen LogP contribution in [-0.4, -0.2) is 35.4 Å². The second-order valence-electron chi connectivity index (χ2n) is 7.55. The molecule has 0 unspecified atom stereocenters. The minimum atomic E-state index is -0.657. The number of rotatable bonds is 10. The number of hydrogen-bond donors (Lipinski definition) is 1. The first-order chi connectivity index (χ1) is 14.7. The van der Waals surface area contributed by atoms with Crippen molar-refractivity contribution in [2.75, 3.05) is 6.61 Å². The molecule has 0 bridgehead atoms. The topological polar surface area (TPSA) is 58.6 Å². The highest BCUT2D eigenvalue weighted by atomic mass is 79.9. The molecule has 31 heavy (non-hydrogen) atoms. The van der Waals surface area contributed by atoms with E-state index in [0.29, 0.717) is 10.8 Å². The molecule has 0 aliphatic heterocycles. The molecule has 0 heterocycles. The van der Waals surface area contributed by atoms with Crippen LogP contribution in [0.1, 0.15) is 45.2 Å². The number of nitrogens with zero attached hydrogens (tertiary/aromatic N) is 1. The maximum absolute atomic E-state index is 13.1. The Bertz CT molecular complexity index is 906. The van der Waals surface area contributed by atoms with Crippen molar-refractivity contribution < 1.29 is 14.3 Å². The average Bonchev–Trinajstić information content (AvgIpc) is 2.75. The number of carbonyl (C=O) groups excluding carboxylic acids is 2. The molecule has 2 amide bonds. The van der Waals surface area contributed by atoms with Crippen LogP contribution in [0.5, 0.6) is 5.75 Å².